The van der Waals surface area contributed by atoms with Crippen molar-refractivity contribution in [2.45, 2.75) is 20.0 Å². The third-order valence-corrected chi connectivity index (χ3v) is 2.28. The molecule has 0 N–H and O–H groups in total. The van der Waals surface area contributed by atoms with Gasteiger partial charge in [-0.15, -0.1) is 0 Å². The number of carbonyl (C=O) groups is 1. The molecule has 0 heterocycles. The first-order valence-electron chi connectivity index (χ1n) is 5.65. The molecule has 0 amide bonds. The number of hydrogen-bond donors (Lipinski definition) is 0. The van der Waals surface area contributed by atoms with E-state index in [0.717, 1.165) is 0 Å². The van der Waals surface area contributed by atoms with E-state index >= 15 is 0 Å². The first-order valence-corrected chi connectivity index (χ1v) is 5.65. The third kappa shape index (κ3) is 3.84. The number of methoxy groups -OCH3 is 1. The van der Waals surface area contributed by atoms with E-state index in [-0.39, 0.29) is 18.0 Å². The zero-order valence-electron chi connectivity index (χ0n) is 10.9. The highest BCUT2D eigenvalue weighted by Gasteiger charge is 2.20. The summed E-state index contributed by atoms with van der Waals surface area (Å²) in [6.45, 7) is 3.41. The summed E-state index contributed by atoms with van der Waals surface area (Å²) in [5.41, 5.74) is -0.146. The van der Waals surface area contributed by atoms with Crippen LogP contribution in [-0.2, 0) is 9.53 Å². The first-order chi connectivity index (χ1) is 8.99. The van der Waals surface area contributed by atoms with Crippen LogP contribution in [0.2, 0.25) is 0 Å². The minimum Gasteiger partial charge on any atom is -0.493 e. The molecule has 0 bridgehead atoms. The molecule has 0 saturated heterocycles. The summed E-state index contributed by atoms with van der Waals surface area (Å²) < 4.78 is 15.1. The van der Waals surface area contributed by atoms with Crippen LogP contribution in [0.3, 0.4) is 0 Å². The fourth-order valence-corrected chi connectivity index (χ4v) is 1.37. The Labute approximate surface area is 110 Å². The number of non-ortho nitro benzene ring substituents is 1. The van der Waals surface area contributed by atoms with Gasteiger partial charge < -0.3 is 14.2 Å². The van der Waals surface area contributed by atoms with E-state index in [1.165, 1.54) is 32.2 Å². The van der Waals surface area contributed by atoms with E-state index < -0.39 is 17.0 Å². The summed E-state index contributed by atoms with van der Waals surface area (Å²) in [6.07, 6.45) is -0.879. The van der Waals surface area contributed by atoms with Crippen molar-refractivity contribution in [3.63, 3.8) is 0 Å². The van der Waals surface area contributed by atoms with Crippen molar-refractivity contribution in [1.82, 2.24) is 0 Å². The van der Waals surface area contributed by atoms with Crippen molar-refractivity contribution in [1.29, 1.82) is 0 Å². The zero-order chi connectivity index (χ0) is 14.4. The van der Waals surface area contributed by atoms with Crippen LogP contribution in [0.25, 0.3) is 0 Å². The van der Waals surface area contributed by atoms with Crippen molar-refractivity contribution in [2.75, 3.05) is 13.7 Å². The average molecular weight is 269 g/mol. The smallest absolute Gasteiger partial charge is 0.347 e. The van der Waals surface area contributed by atoms with Crippen molar-refractivity contribution in [2.24, 2.45) is 0 Å². The highest BCUT2D eigenvalue weighted by molar-refractivity contribution is 5.74. The van der Waals surface area contributed by atoms with Gasteiger partial charge in [0.1, 0.15) is 0 Å². The highest BCUT2D eigenvalue weighted by Crippen LogP contribution is 2.31. The van der Waals surface area contributed by atoms with Crippen molar-refractivity contribution >= 4 is 11.7 Å². The average Bonchev–Trinajstić information content (AvgIpc) is 2.38. The van der Waals surface area contributed by atoms with Gasteiger partial charge in [0.25, 0.3) is 5.69 Å². The molecule has 0 aliphatic rings. The van der Waals surface area contributed by atoms with Gasteiger partial charge in [-0.25, -0.2) is 4.79 Å². The van der Waals surface area contributed by atoms with E-state index in [1.54, 1.807) is 6.92 Å². The van der Waals surface area contributed by atoms with Crippen LogP contribution in [-0.4, -0.2) is 30.7 Å². The topological polar surface area (TPSA) is 87.9 Å². The summed E-state index contributed by atoms with van der Waals surface area (Å²) in [6, 6.07) is 3.90. The van der Waals surface area contributed by atoms with Crippen molar-refractivity contribution in [3.05, 3.63) is 28.3 Å². The van der Waals surface area contributed by atoms with E-state index in [4.69, 9.17) is 14.2 Å². The molecule has 0 fully saturated rings. The molecular weight excluding hydrogens is 254 g/mol. The van der Waals surface area contributed by atoms with Crippen molar-refractivity contribution < 1.29 is 23.9 Å². The molecular formula is C12H15NO6. The van der Waals surface area contributed by atoms with E-state index in [0.29, 0.717) is 5.75 Å². The zero-order valence-corrected chi connectivity index (χ0v) is 10.9. The predicted octanol–water partition coefficient (Wildman–Crippen LogP) is 1.93. The molecule has 1 aromatic carbocycles. The van der Waals surface area contributed by atoms with Gasteiger partial charge in [-0.3, -0.25) is 10.1 Å². The number of rotatable bonds is 6. The van der Waals surface area contributed by atoms with Gasteiger partial charge in [0, 0.05) is 6.07 Å². The maximum absolute atomic E-state index is 11.4. The molecule has 0 spiro atoms. The number of benzene rings is 1. The molecule has 0 aliphatic carbocycles. The Balaban J connectivity index is 2.94. The third-order valence-electron chi connectivity index (χ3n) is 2.28. The Hall–Kier alpha value is -2.31. The van der Waals surface area contributed by atoms with Crippen LogP contribution in [0.5, 0.6) is 11.5 Å². The molecule has 7 nitrogen and oxygen atoms in total. The maximum Gasteiger partial charge on any atom is 0.347 e. The summed E-state index contributed by atoms with van der Waals surface area (Å²) in [4.78, 5) is 21.6. The molecule has 7 heteroatoms. The van der Waals surface area contributed by atoms with Crippen molar-refractivity contribution in [3.8, 4) is 11.5 Å². The fourth-order valence-electron chi connectivity index (χ4n) is 1.37. The first kappa shape index (κ1) is 14.7. The summed E-state index contributed by atoms with van der Waals surface area (Å²) in [7, 11) is 1.41. The van der Waals surface area contributed by atoms with Crippen LogP contribution in [0.1, 0.15) is 13.8 Å². The van der Waals surface area contributed by atoms with Crippen LogP contribution >= 0.6 is 0 Å². The van der Waals surface area contributed by atoms with Crippen LogP contribution in [0, 0.1) is 10.1 Å². The Morgan fingerprint density at radius 2 is 2.11 bits per heavy atom. The van der Waals surface area contributed by atoms with Crippen LogP contribution < -0.4 is 9.47 Å². The molecule has 0 saturated carbocycles. The lowest BCUT2D eigenvalue weighted by Crippen LogP contribution is -2.26. The summed E-state index contributed by atoms with van der Waals surface area (Å²) in [5.74, 6) is -0.116. The van der Waals surface area contributed by atoms with E-state index in [1.807, 2.05) is 0 Å². The molecule has 1 aromatic rings. The van der Waals surface area contributed by atoms with Gasteiger partial charge in [0.15, 0.2) is 17.6 Å². The molecule has 1 atom stereocenters. The number of nitro benzene ring substituents is 1. The summed E-state index contributed by atoms with van der Waals surface area (Å²) >= 11 is 0. The van der Waals surface area contributed by atoms with Crippen LogP contribution in [0.4, 0.5) is 5.69 Å². The minimum atomic E-state index is -0.879. The second kappa shape index (κ2) is 6.58. The standard InChI is InChI=1S/C12H15NO6/c1-4-18-12(14)8(2)19-11-7-9(13(15)16)5-6-10(11)17-3/h5-8H,4H2,1-3H3. The lowest BCUT2D eigenvalue weighted by Gasteiger charge is -2.15. The van der Waals surface area contributed by atoms with Gasteiger partial charge in [0.05, 0.1) is 24.7 Å². The molecule has 19 heavy (non-hydrogen) atoms. The quantitative estimate of drug-likeness (QED) is 0.445. The van der Waals surface area contributed by atoms with E-state index in [2.05, 4.69) is 0 Å². The van der Waals surface area contributed by atoms with E-state index in [9.17, 15) is 14.9 Å². The fraction of sp³-hybridized carbons (Fsp3) is 0.417. The Morgan fingerprint density at radius 1 is 1.42 bits per heavy atom. The van der Waals surface area contributed by atoms with Gasteiger partial charge in [-0.1, -0.05) is 0 Å². The molecule has 0 aliphatic heterocycles. The van der Waals surface area contributed by atoms with Gasteiger partial charge in [-0.2, -0.15) is 0 Å². The molecule has 0 aromatic heterocycles. The van der Waals surface area contributed by atoms with Gasteiger partial charge in [-0.05, 0) is 19.9 Å². The monoisotopic (exact) mass is 269 g/mol. The lowest BCUT2D eigenvalue weighted by molar-refractivity contribution is -0.385. The SMILES string of the molecule is CCOC(=O)C(C)Oc1cc([N+](=O)[O-])ccc1OC. The molecule has 1 unspecified atom stereocenters. The second-order valence-electron chi connectivity index (χ2n) is 3.60. The number of nitrogens with zero attached hydrogens (tertiary/aromatic N) is 1. The maximum atomic E-state index is 11.4. The van der Waals surface area contributed by atoms with Crippen LogP contribution in [0.15, 0.2) is 18.2 Å². The lowest BCUT2D eigenvalue weighted by atomic mass is 10.2. The number of nitro groups is 1. The number of esters is 1. The number of ether oxygens (including phenoxy) is 3. The Bertz CT molecular complexity index is 473. The molecule has 0 radical (unpaired) electrons. The number of carbonyl (C=O) groups excluding carboxylic acids is 1. The normalized spacial score (nSPS) is 11.5. The minimum absolute atomic E-state index is 0.122. The van der Waals surface area contributed by atoms with Gasteiger partial charge in [0.2, 0.25) is 0 Å². The number of hydrogen-bond acceptors (Lipinski definition) is 6. The largest absolute Gasteiger partial charge is 0.493 e. The Morgan fingerprint density at radius 3 is 2.63 bits per heavy atom. The molecule has 1 rings (SSSR count). The second-order valence-corrected chi connectivity index (χ2v) is 3.60. The highest BCUT2D eigenvalue weighted by atomic mass is 16.6. The predicted molar refractivity (Wildman–Crippen MR) is 66.4 cm³/mol. The molecule has 104 valence electrons. The van der Waals surface area contributed by atoms with Gasteiger partial charge >= 0.3 is 5.97 Å². The Kier molecular flexibility index (Phi) is 5.11. The summed E-state index contributed by atoms with van der Waals surface area (Å²) in [5, 5.41) is 10.7.